The fourth-order valence-electron chi connectivity index (χ4n) is 2.45. The second-order valence-corrected chi connectivity index (χ2v) is 5.61. The molecule has 2 N–H and O–H groups in total. The second kappa shape index (κ2) is 7.00. The minimum absolute atomic E-state index is 0.0567. The van der Waals surface area contributed by atoms with Crippen LogP contribution in [0.25, 0.3) is 0 Å². The number of aryl methyl sites for hydroxylation is 1. The van der Waals surface area contributed by atoms with E-state index in [4.69, 9.17) is 0 Å². The third-order valence-electron chi connectivity index (χ3n) is 3.84. The van der Waals surface area contributed by atoms with Crippen molar-refractivity contribution in [2.75, 3.05) is 0 Å². The molecule has 1 heterocycles. The number of H-pyrrole nitrogens is 1. The Labute approximate surface area is 143 Å². The Balaban J connectivity index is 2.03. The van der Waals surface area contributed by atoms with Gasteiger partial charge in [-0.05, 0) is 24.1 Å². The molecule has 3 aromatic rings. The third kappa shape index (κ3) is 3.58. The zero-order valence-corrected chi connectivity index (χ0v) is 13.6. The smallest absolute Gasteiger partial charge is 0.331 e. The van der Waals surface area contributed by atoms with Gasteiger partial charge in [-0.25, -0.2) is 4.79 Å². The zero-order chi connectivity index (χ0) is 17.8. The van der Waals surface area contributed by atoms with Gasteiger partial charge in [0, 0.05) is 6.21 Å². The minimum Gasteiger partial charge on any atom is -0.494 e. The zero-order valence-electron chi connectivity index (χ0n) is 13.6. The van der Waals surface area contributed by atoms with Crippen molar-refractivity contribution in [3.8, 4) is 5.88 Å². The number of aromatic amines is 1. The second-order valence-electron chi connectivity index (χ2n) is 5.61. The number of hydrogen-bond donors (Lipinski definition) is 2. The summed E-state index contributed by atoms with van der Waals surface area (Å²) in [6.45, 7) is 2.04. The van der Waals surface area contributed by atoms with E-state index in [1.54, 1.807) is 6.07 Å². The Kier molecular flexibility index (Phi) is 4.61. The number of hydrogen-bond acceptors (Lipinski definition) is 4. The number of nitrogens with zero attached hydrogens (tertiary/aromatic N) is 2. The summed E-state index contributed by atoms with van der Waals surface area (Å²) >= 11 is 0. The maximum atomic E-state index is 12.1. The molecule has 0 bridgehead atoms. The molecule has 0 saturated heterocycles. The average Bonchev–Trinajstić information content (AvgIpc) is 2.61. The molecule has 6 heteroatoms. The third-order valence-corrected chi connectivity index (χ3v) is 3.84. The van der Waals surface area contributed by atoms with Crippen LogP contribution in [0.3, 0.4) is 0 Å². The molecule has 0 unspecified atom stereocenters. The molecule has 126 valence electrons. The van der Waals surface area contributed by atoms with Gasteiger partial charge in [0.15, 0.2) is 0 Å². The van der Waals surface area contributed by atoms with Crippen molar-refractivity contribution in [1.29, 1.82) is 0 Å². The predicted molar refractivity (Wildman–Crippen MR) is 97.0 cm³/mol. The summed E-state index contributed by atoms with van der Waals surface area (Å²) in [4.78, 5) is 30.6. The fraction of sp³-hybridized carbons (Fsp3) is 0.105. The van der Waals surface area contributed by atoms with Gasteiger partial charge in [0.05, 0.1) is 12.2 Å². The number of rotatable bonds is 4. The molecule has 6 nitrogen and oxygen atoms in total. The fourth-order valence-corrected chi connectivity index (χ4v) is 2.45. The Morgan fingerprint density at radius 1 is 1.08 bits per heavy atom. The topological polar surface area (TPSA) is 87.4 Å². The molecule has 0 atom stereocenters. The van der Waals surface area contributed by atoms with Crippen molar-refractivity contribution < 1.29 is 5.11 Å². The van der Waals surface area contributed by atoms with E-state index in [0.717, 1.165) is 15.7 Å². The Morgan fingerprint density at radius 3 is 2.48 bits per heavy atom. The van der Waals surface area contributed by atoms with E-state index in [1.807, 2.05) is 55.5 Å². The van der Waals surface area contributed by atoms with Gasteiger partial charge in [-0.2, -0.15) is 0 Å². The lowest BCUT2D eigenvalue weighted by molar-refractivity contribution is 0.408. The number of benzene rings is 2. The van der Waals surface area contributed by atoms with E-state index < -0.39 is 17.1 Å². The van der Waals surface area contributed by atoms with Crippen molar-refractivity contribution in [2.45, 2.75) is 13.5 Å². The van der Waals surface area contributed by atoms with E-state index in [0.29, 0.717) is 5.69 Å². The lowest BCUT2D eigenvalue weighted by Crippen LogP contribution is -2.32. The molecule has 0 aliphatic carbocycles. The van der Waals surface area contributed by atoms with Crippen LogP contribution in [0.2, 0.25) is 0 Å². The quantitative estimate of drug-likeness (QED) is 0.718. The summed E-state index contributed by atoms with van der Waals surface area (Å²) in [5.74, 6) is -0.407. The van der Waals surface area contributed by atoms with E-state index >= 15 is 0 Å². The van der Waals surface area contributed by atoms with Gasteiger partial charge in [0.1, 0.15) is 5.56 Å². The summed E-state index contributed by atoms with van der Waals surface area (Å²) < 4.78 is 1.11. The first-order valence-corrected chi connectivity index (χ1v) is 7.76. The van der Waals surface area contributed by atoms with Crippen molar-refractivity contribution in [2.24, 2.45) is 4.99 Å². The highest BCUT2D eigenvalue weighted by Gasteiger charge is 2.13. The molecular weight excluding hydrogens is 318 g/mol. The van der Waals surface area contributed by atoms with Gasteiger partial charge in [-0.3, -0.25) is 19.3 Å². The summed E-state index contributed by atoms with van der Waals surface area (Å²) in [5, 5.41) is 10.4. The molecule has 0 amide bonds. The molecule has 1 aromatic heterocycles. The van der Waals surface area contributed by atoms with Crippen LogP contribution in [0.5, 0.6) is 5.88 Å². The lowest BCUT2D eigenvalue weighted by atomic mass is 10.2. The highest BCUT2D eigenvalue weighted by molar-refractivity contribution is 5.84. The molecule has 0 radical (unpaired) electrons. The first kappa shape index (κ1) is 16.4. The first-order chi connectivity index (χ1) is 12.1. The minimum atomic E-state index is -0.677. The normalized spacial score (nSPS) is 11.1. The van der Waals surface area contributed by atoms with Crippen LogP contribution < -0.4 is 11.2 Å². The van der Waals surface area contributed by atoms with E-state index in [9.17, 15) is 14.7 Å². The average molecular weight is 335 g/mol. The SMILES string of the molecule is Cc1ccccc1N=Cc1c(O)n(Cc2ccccc2)c(=O)[nH]c1=O. The molecule has 0 spiro atoms. The van der Waals surface area contributed by atoms with Crippen LogP contribution in [-0.4, -0.2) is 20.9 Å². The van der Waals surface area contributed by atoms with Crippen LogP contribution in [0.4, 0.5) is 5.69 Å². The summed E-state index contributed by atoms with van der Waals surface area (Å²) in [6.07, 6.45) is 1.28. The Bertz CT molecular complexity index is 1030. The molecule has 0 aliphatic heterocycles. The summed E-state index contributed by atoms with van der Waals surface area (Å²) in [6, 6.07) is 16.6. The van der Waals surface area contributed by atoms with E-state index in [-0.39, 0.29) is 12.1 Å². The van der Waals surface area contributed by atoms with Gasteiger partial charge in [0.25, 0.3) is 5.56 Å². The van der Waals surface area contributed by atoms with Crippen LogP contribution >= 0.6 is 0 Å². The number of aromatic hydroxyl groups is 1. The largest absolute Gasteiger partial charge is 0.494 e. The van der Waals surface area contributed by atoms with Gasteiger partial charge < -0.3 is 5.11 Å². The molecule has 2 aromatic carbocycles. The molecular formula is C19H17N3O3. The molecule has 25 heavy (non-hydrogen) atoms. The standard InChI is InChI=1S/C19H17N3O3/c1-13-7-5-6-10-16(13)20-11-15-17(23)21-19(25)22(18(15)24)12-14-8-3-2-4-9-14/h2-11,24H,12H2,1H3,(H,21,23,25). The molecule has 0 saturated carbocycles. The van der Waals surface area contributed by atoms with Crippen molar-refractivity contribution in [1.82, 2.24) is 9.55 Å². The summed E-state index contributed by atoms with van der Waals surface area (Å²) in [7, 11) is 0. The number of nitrogens with one attached hydrogen (secondary N) is 1. The number of aromatic nitrogens is 2. The highest BCUT2D eigenvalue weighted by atomic mass is 16.3. The van der Waals surface area contributed by atoms with Crippen LogP contribution in [0, 0.1) is 6.92 Å². The van der Waals surface area contributed by atoms with Crippen molar-refractivity contribution in [3.63, 3.8) is 0 Å². The Hall–Kier alpha value is -3.41. The van der Waals surface area contributed by atoms with E-state index in [2.05, 4.69) is 9.98 Å². The highest BCUT2D eigenvalue weighted by Crippen LogP contribution is 2.18. The van der Waals surface area contributed by atoms with Gasteiger partial charge in [-0.15, -0.1) is 0 Å². The molecule has 0 fully saturated rings. The van der Waals surface area contributed by atoms with Gasteiger partial charge in [-0.1, -0.05) is 48.5 Å². The number of para-hydroxylation sites is 1. The summed E-state index contributed by atoms with van der Waals surface area (Å²) in [5.41, 5.74) is 1.05. The van der Waals surface area contributed by atoms with Crippen molar-refractivity contribution in [3.05, 3.63) is 92.1 Å². The predicted octanol–water partition coefficient (Wildman–Crippen LogP) is 2.35. The Morgan fingerprint density at radius 2 is 1.76 bits per heavy atom. The maximum Gasteiger partial charge on any atom is 0.331 e. The van der Waals surface area contributed by atoms with Crippen LogP contribution in [-0.2, 0) is 6.54 Å². The lowest BCUT2D eigenvalue weighted by Gasteiger charge is -2.09. The molecule has 3 rings (SSSR count). The van der Waals surface area contributed by atoms with Crippen LogP contribution in [0.1, 0.15) is 16.7 Å². The maximum absolute atomic E-state index is 12.1. The van der Waals surface area contributed by atoms with Crippen molar-refractivity contribution >= 4 is 11.9 Å². The molecule has 0 aliphatic rings. The monoisotopic (exact) mass is 335 g/mol. The first-order valence-electron chi connectivity index (χ1n) is 7.76. The van der Waals surface area contributed by atoms with Crippen LogP contribution in [0.15, 0.2) is 69.2 Å². The van der Waals surface area contributed by atoms with Gasteiger partial charge in [0.2, 0.25) is 5.88 Å². The van der Waals surface area contributed by atoms with E-state index in [1.165, 1.54) is 6.21 Å². The number of aliphatic imine (C=N–C) groups is 1. The van der Waals surface area contributed by atoms with Gasteiger partial charge >= 0.3 is 5.69 Å².